The second kappa shape index (κ2) is 8.19. The van der Waals surface area contributed by atoms with Gasteiger partial charge in [-0.15, -0.1) is 0 Å². The van der Waals surface area contributed by atoms with Crippen LogP contribution in [0.2, 0.25) is 0 Å². The van der Waals surface area contributed by atoms with Crippen LogP contribution in [0, 0.1) is 6.92 Å². The average Bonchev–Trinajstić information content (AvgIpc) is 3.01. The van der Waals surface area contributed by atoms with Gasteiger partial charge < -0.3 is 14.6 Å². The zero-order valence-corrected chi connectivity index (χ0v) is 16.7. The molecule has 2 heterocycles. The summed E-state index contributed by atoms with van der Waals surface area (Å²) in [6, 6.07) is 7.18. The fourth-order valence-electron chi connectivity index (χ4n) is 4.99. The van der Waals surface area contributed by atoms with E-state index < -0.39 is 0 Å². The normalized spacial score (nSPS) is 25.3. The maximum atomic E-state index is 12.6. The monoisotopic (exact) mass is 371 g/mol. The molecule has 0 bridgehead atoms. The number of H-pyrrole nitrogens is 1. The lowest BCUT2D eigenvalue weighted by Gasteiger charge is -2.41. The standard InChI is InChI=1S/C22H33N3O2/c1-3-13-27-19-6-4-5-18(15-19)24-11-9-17(10-12-24)25-21-14-16(2)7-8-20(21)23-22(25)26/h7-8,14,17-19H,3-6,9-13,15H2,1-2H3,(H,23,26)/t18-,19+/m0/s1. The summed E-state index contributed by atoms with van der Waals surface area (Å²) in [7, 11) is 0. The molecule has 4 rings (SSSR count). The minimum Gasteiger partial charge on any atom is -0.378 e. The number of rotatable bonds is 5. The number of aromatic amines is 1. The highest BCUT2D eigenvalue weighted by Crippen LogP contribution is 2.31. The Labute approximate surface area is 161 Å². The van der Waals surface area contributed by atoms with Crippen LogP contribution in [0.4, 0.5) is 0 Å². The molecule has 2 aromatic rings. The van der Waals surface area contributed by atoms with Crippen molar-refractivity contribution in [1.29, 1.82) is 0 Å². The summed E-state index contributed by atoms with van der Waals surface area (Å²) in [4.78, 5) is 18.2. The van der Waals surface area contributed by atoms with Crippen LogP contribution in [0.5, 0.6) is 0 Å². The molecule has 0 unspecified atom stereocenters. The van der Waals surface area contributed by atoms with Crippen molar-refractivity contribution in [2.24, 2.45) is 0 Å². The molecule has 148 valence electrons. The molecule has 0 amide bonds. The molecule has 0 spiro atoms. The van der Waals surface area contributed by atoms with Gasteiger partial charge >= 0.3 is 5.69 Å². The molecule has 1 aromatic heterocycles. The molecule has 1 aliphatic carbocycles. The van der Waals surface area contributed by atoms with Crippen LogP contribution in [-0.4, -0.2) is 46.3 Å². The first-order valence-corrected chi connectivity index (χ1v) is 10.7. The lowest BCUT2D eigenvalue weighted by atomic mass is 9.90. The van der Waals surface area contributed by atoms with E-state index in [4.69, 9.17) is 4.74 Å². The molecule has 2 aliphatic rings. The smallest absolute Gasteiger partial charge is 0.326 e. The van der Waals surface area contributed by atoms with Gasteiger partial charge in [0.15, 0.2) is 0 Å². The molecule has 2 fully saturated rings. The largest absolute Gasteiger partial charge is 0.378 e. The molecule has 5 heteroatoms. The number of nitrogens with zero attached hydrogens (tertiary/aromatic N) is 2. The van der Waals surface area contributed by atoms with Crippen molar-refractivity contribution in [2.75, 3.05) is 19.7 Å². The van der Waals surface area contributed by atoms with Gasteiger partial charge in [-0.05, 0) is 69.6 Å². The number of aromatic nitrogens is 2. The van der Waals surface area contributed by atoms with Crippen molar-refractivity contribution in [3.8, 4) is 0 Å². The van der Waals surface area contributed by atoms with E-state index in [0.717, 1.165) is 50.0 Å². The molecule has 27 heavy (non-hydrogen) atoms. The highest BCUT2D eigenvalue weighted by Gasteiger charge is 2.31. The Hall–Kier alpha value is -1.59. The highest BCUT2D eigenvalue weighted by atomic mass is 16.5. The van der Waals surface area contributed by atoms with E-state index in [2.05, 4.69) is 35.9 Å². The first kappa shape index (κ1) is 18.8. The maximum absolute atomic E-state index is 12.6. The van der Waals surface area contributed by atoms with E-state index in [9.17, 15) is 4.79 Å². The molecule has 1 aliphatic heterocycles. The molecule has 5 nitrogen and oxygen atoms in total. The van der Waals surface area contributed by atoms with E-state index >= 15 is 0 Å². The Balaban J connectivity index is 1.41. The van der Waals surface area contributed by atoms with Gasteiger partial charge in [0.25, 0.3) is 0 Å². The minimum atomic E-state index is 0.0414. The topological polar surface area (TPSA) is 50.3 Å². The Morgan fingerprint density at radius 2 is 1.96 bits per heavy atom. The summed E-state index contributed by atoms with van der Waals surface area (Å²) in [6.07, 6.45) is 8.62. The number of piperidine rings is 1. The Kier molecular flexibility index (Phi) is 5.69. The van der Waals surface area contributed by atoms with Crippen LogP contribution in [0.3, 0.4) is 0 Å². The Bertz CT molecular complexity index is 817. The summed E-state index contributed by atoms with van der Waals surface area (Å²) in [5.41, 5.74) is 3.26. The number of ether oxygens (including phenoxy) is 1. The number of imidazole rings is 1. The SMILES string of the molecule is CCCO[C@@H]1CCC[C@H](N2CCC(n3c(=O)[nH]c4ccc(C)cc43)CC2)C1. The number of nitrogens with one attached hydrogen (secondary N) is 1. The lowest BCUT2D eigenvalue weighted by molar-refractivity contribution is -0.00714. The van der Waals surface area contributed by atoms with E-state index in [-0.39, 0.29) is 5.69 Å². The van der Waals surface area contributed by atoms with Gasteiger partial charge in [0.2, 0.25) is 0 Å². The van der Waals surface area contributed by atoms with Crippen LogP contribution < -0.4 is 5.69 Å². The second-order valence-corrected chi connectivity index (χ2v) is 8.40. The van der Waals surface area contributed by atoms with Crippen molar-refractivity contribution < 1.29 is 4.74 Å². The first-order chi connectivity index (χ1) is 13.2. The van der Waals surface area contributed by atoms with Gasteiger partial charge in [-0.25, -0.2) is 4.79 Å². The average molecular weight is 372 g/mol. The summed E-state index contributed by atoms with van der Waals surface area (Å²) < 4.78 is 8.04. The van der Waals surface area contributed by atoms with Crippen LogP contribution >= 0.6 is 0 Å². The molecule has 1 saturated heterocycles. The fraction of sp³-hybridized carbons (Fsp3) is 0.682. The highest BCUT2D eigenvalue weighted by molar-refractivity contribution is 5.76. The van der Waals surface area contributed by atoms with E-state index in [1.807, 2.05) is 10.6 Å². The predicted molar refractivity (Wildman–Crippen MR) is 109 cm³/mol. The van der Waals surface area contributed by atoms with E-state index in [0.29, 0.717) is 18.2 Å². The van der Waals surface area contributed by atoms with Crippen LogP contribution in [0.1, 0.15) is 63.5 Å². The Morgan fingerprint density at radius 3 is 2.74 bits per heavy atom. The summed E-state index contributed by atoms with van der Waals surface area (Å²) >= 11 is 0. The number of hydrogen-bond acceptors (Lipinski definition) is 3. The third kappa shape index (κ3) is 3.99. The van der Waals surface area contributed by atoms with Crippen molar-refractivity contribution in [3.05, 3.63) is 34.2 Å². The van der Waals surface area contributed by atoms with Gasteiger partial charge in [-0.1, -0.05) is 13.0 Å². The Morgan fingerprint density at radius 1 is 1.15 bits per heavy atom. The van der Waals surface area contributed by atoms with Crippen molar-refractivity contribution in [1.82, 2.24) is 14.5 Å². The lowest BCUT2D eigenvalue weighted by Crippen LogP contribution is -2.46. The molecular weight excluding hydrogens is 338 g/mol. The summed E-state index contributed by atoms with van der Waals surface area (Å²) in [6.45, 7) is 7.33. The number of likely N-dealkylation sites (tertiary alicyclic amines) is 1. The fourth-order valence-corrected chi connectivity index (χ4v) is 4.99. The zero-order valence-electron chi connectivity index (χ0n) is 16.7. The molecular formula is C22H33N3O2. The van der Waals surface area contributed by atoms with Crippen molar-refractivity contribution >= 4 is 11.0 Å². The van der Waals surface area contributed by atoms with Gasteiger partial charge in [-0.2, -0.15) is 0 Å². The summed E-state index contributed by atoms with van der Waals surface area (Å²) in [5, 5.41) is 0. The maximum Gasteiger partial charge on any atom is 0.326 e. The molecule has 2 atom stereocenters. The summed E-state index contributed by atoms with van der Waals surface area (Å²) in [5.74, 6) is 0. The molecule has 0 radical (unpaired) electrons. The molecule has 1 aromatic carbocycles. The second-order valence-electron chi connectivity index (χ2n) is 8.40. The van der Waals surface area contributed by atoms with Crippen LogP contribution in [0.25, 0.3) is 11.0 Å². The van der Waals surface area contributed by atoms with Gasteiger partial charge in [-0.3, -0.25) is 4.57 Å². The van der Waals surface area contributed by atoms with E-state index in [1.165, 1.54) is 31.2 Å². The molecule has 1 saturated carbocycles. The van der Waals surface area contributed by atoms with Crippen LogP contribution in [0.15, 0.2) is 23.0 Å². The van der Waals surface area contributed by atoms with Gasteiger partial charge in [0.1, 0.15) is 0 Å². The van der Waals surface area contributed by atoms with Gasteiger partial charge in [0.05, 0.1) is 17.1 Å². The third-order valence-electron chi connectivity index (χ3n) is 6.41. The predicted octanol–water partition coefficient (Wildman–Crippen LogP) is 4.01. The van der Waals surface area contributed by atoms with Gasteiger partial charge in [0, 0.05) is 31.8 Å². The van der Waals surface area contributed by atoms with Crippen molar-refractivity contribution in [3.63, 3.8) is 0 Å². The van der Waals surface area contributed by atoms with Crippen molar-refractivity contribution in [2.45, 2.75) is 77.0 Å². The van der Waals surface area contributed by atoms with Crippen LogP contribution in [-0.2, 0) is 4.74 Å². The number of hydrogen-bond donors (Lipinski definition) is 1. The minimum absolute atomic E-state index is 0.0414. The zero-order chi connectivity index (χ0) is 18.8. The number of aryl methyl sites for hydroxylation is 1. The van der Waals surface area contributed by atoms with E-state index in [1.54, 1.807) is 0 Å². The number of fused-ring (bicyclic) bond motifs is 1. The third-order valence-corrected chi connectivity index (χ3v) is 6.41. The number of benzene rings is 1. The quantitative estimate of drug-likeness (QED) is 0.864. The molecule has 1 N–H and O–H groups in total. The first-order valence-electron chi connectivity index (χ1n) is 10.7.